The van der Waals surface area contributed by atoms with Crippen LogP contribution in [-0.4, -0.2) is 42.8 Å². The summed E-state index contributed by atoms with van der Waals surface area (Å²) in [6, 6.07) is 1.98. The van der Waals surface area contributed by atoms with Gasteiger partial charge in [-0.2, -0.15) is 4.98 Å². The Labute approximate surface area is 128 Å². The zero-order valence-corrected chi connectivity index (χ0v) is 13.6. The number of aryl methyl sites for hydroxylation is 1. The summed E-state index contributed by atoms with van der Waals surface area (Å²) in [5.41, 5.74) is 0. The fraction of sp³-hybridized carbons (Fsp3) is 0.750. The average Bonchev–Trinajstić information content (AvgIpc) is 2.48. The number of hydrogen-bond acceptors (Lipinski definition) is 5. The first-order chi connectivity index (χ1) is 10.2. The molecule has 5 heteroatoms. The third-order valence-electron chi connectivity index (χ3n) is 3.85. The van der Waals surface area contributed by atoms with E-state index in [0.717, 1.165) is 50.2 Å². The van der Waals surface area contributed by atoms with Crippen molar-refractivity contribution in [2.24, 2.45) is 5.92 Å². The van der Waals surface area contributed by atoms with E-state index in [2.05, 4.69) is 27.1 Å². The summed E-state index contributed by atoms with van der Waals surface area (Å²) in [5.74, 6) is 3.23. The summed E-state index contributed by atoms with van der Waals surface area (Å²) in [4.78, 5) is 11.4. The lowest BCUT2D eigenvalue weighted by Gasteiger charge is -2.31. The van der Waals surface area contributed by atoms with E-state index < -0.39 is 0 Å². The first-order valence-electron chi connectivity index (χ1n) is 8.17. The van der Waals surface area contributed by atoms with E-state index in [1.54, 1.807) is 0 Å². The number of nitrogens with one attached hydrogen (secondary N) is 1. The minimum absolute atomic E-state index is 0.637. The third-order valence-corrected chi connectivity index (χ3v) is 3.85. The highest BCUT2D eigenvalue weighted by Crippen LogP contribution is 2.21. The van der Waals surface area contributed by atoms with Crippen molar-refractivity contribution in [1.82, 2.24) is 15.3 Å². The Morgan fingerprint density at radius 3 is 2.71 bits per heavy atom. The van der Waals surface area contributed by atoms with Gasteiger partial charge in [-0.05, 0) is 52.1 Å². The topological polar surface area (TPSA) is 50.3 Å². The maximum atomic E-state index is 5.56. The van der Waals surface area contributed by atoms with Gasteiger partial charge >= 0.3 is 0 Å². The van der Waals surface area contributed by atoms with Crippen molar-refractivity contribution in [3.05, 3.63) is 11.9 Å². The van der Waals surface area contributed by atoms with Crippen molar-refractivity contribution in [3.8, 4) is 5.88 Å². The van der Waals surface area contributed by atoms with Gasteiger partial charge in [0.2, 0.25) is 5.88 Å². The first kappa shape index (κ1) is 16.0. The molecule has 1 aromatic rings. The largest absolute Gasteiger partial charge is 0.478 e. The molecule has 0 aliphatic carbocycles. The van der Waals surface area contributed by atoms with Crippen molar-refractivity contribution >= 4 is 5.82 Å². The number of anilines is 1. The van der Waals surface area contributed by atoms with E-state index in [0.29, 0.717) is 12.5 Å². The smallest absolute Gasteiger partial charge is 0.218 e. The van der Waals surface area contributed by atoms with Gasteiger partial charge in [0, 0.05) is 19.2 Å². The van der Waals surface area contributed by atoms with Crippen LogP contribution in [0.2, 0.25) is 0 Å². The molecule has 0 radical (unpaired) electrons. The molecule has 1 aliphatic heterocycles. The van der Waals surface area contributed by atoms with Crippen LogP contribution in [-0.2, 0) is 0 Å². The highest BCUT2D eigenvalue weighted by molar-refractivity contribution is 5.42. The normalized spacial score (nSPS) is 16.0. The Morgan fingerprint density at radius 1 is 1.29 bits per heavy atom. The minimum atomic E-state index is 0.637. The first-order valence-corrected chi connectivity index (χ1v) is 8.17. The van der Waals surface area contributed by atoms with Crippen LogP contribution >= 0.6 is 0 Å². The number of hydrogen-bond donors (Lipinski definition) is 1. The maximum absolute atomic E-state index is 5.56. The second-order valence-corrected chi connectivity index (χ2v) is 5.68. The highest BCUT2D eigenvalue weighted by atomic mass is 16.5. The molecule has 0 bridgehead atoms. The van der Waals surface area contributed by atoms with Gasteiger partial charge in [-0.15, -0.1) is 0 Å². The van der Waals surface area contributed by atoms with Gasteiger partial charge in [0.1, 0.15) is 11.6 Å². The Bertz CT molecular complexity index is 432. The van der Waals surface area contributed by atoms with Gasteiger partial charge in [0.15, 0.2) is 0 Å². The molecule has 2 heterocycles. The second-order valence-electron chi connectivity index (χ2n) is 5.68. The predicted octanol–water partition coefficient (Wildman–Crippen LogP) is 2.40. The van der Waals surface area contributed by atoms with Crippen LogP contribution in [0, 0.1) is 12.8 Å². The molecule has 1 N–H and O–H groups in total. The predicted molar refractivity (Wildman–Crippen MR) is 86.0 cm³/mol. The highest BCUT2D eigenvalue weighted by Gasteiger charge is 2.18. The molecule has 0 aromatic carbocycles. The van der Waals surface area contributed by atoms with E-state index >= 15 is 0 Å². The Kier molecular flexibility index (Phi) is 6.23. The lowest BCUT2D eigenvalue weighted by atomic mass is 9.97. The molecule has 21 heavy (non-hydrogen) atoms. The molecule has 0 saturated carbocycles. The summed E-state index contributed by atoms with van der Waals surface area (Å²) in [6.07, 6.45) is 3.63. The van der Waals surface area contributed by atoms with E-state index in [4.69, 9.17) is 4.74 Å². The summed E-state index contributed by atoms with van der Waals surface area (Å²) < 4.78 is 5.56. The fourth-order valence-electron chi connectivity index (χ4n) is 2.85. The monoisotopic (exact) mass is 292 g/mol. The SMILES string of the molecule is CCCN(CC1CCNCC1)c1cc(OCC)nc(C)n1. The van der Waals surface area contributed by atoms with Crippen LogP contribution in [0.3, 0.4) is 0 Å². The summed E-state index contributed by atoms with van der Waals surface area (Å²) in [7, 11) is 0. The molecule has 5 nitrogen and oxygen atoms in total. The van der Waals surface area contributed by atoms with Gasteiger partial charge in [0.25, 0.3) is 0 Å². The Hall–Kier alpha value is -1.36. The molecule has 1 aromatic heterocycles. The molecular formula is C16H28N4O. The fourth-order valence-corrected chi connectivity index (χ4v) is 2.85. The van der Waals surface area contributed by atoms with E-state index in [-0.39, 0.29) is 0 Å². The van der Waals surface area contributed by atoms with Crippen LogP contribution in [0.5, 0.6) is 5.88 Å². The van der Waals surface area contributed by atoms with Crippen molar-refractivity contribution in [1.29, 1.82) is 0 Å². The lowest BCUT2D eigenvalue weighted by molar-refractivity contribution is 0.325. The lowest BCUT2D eigenvalue weighted by Crippen LogP contribution is -2.37. The van der Waals surface area contributed by atoms with Gasteiger partial charge in [0.05, 0.1) is 6.61 Å². The summed E-state index contributed by atoms with van der Waals surface area (Å²) in [6.45, 7) is 11.2. The third kappa shape index (κ3) is 4.84. The van der Waals surface area contributed by atoms with Gasteiger partial charge in [-0.25, -0.2) is 4.98 Å². The molecule has 118 valence electrons. The zero-order valence-electron chi connectivity index (χ0n) is 13.6. The van der Waals surface area contributed by atoms with Crippen LogP contribution in [0.1, 0.15) is 38.9 Å². The minimum Gasteiger partial charge on any atom is -0.478 e. The van der Waals surface area contributed by atoms with E-state index in [1.165, 1.54) is 12.8 Å². The van der Waals surface area contributed by atoms with Crippen LogP contribution < -0.4 is 15.0 Å². The molecule has 0 amide bonds. The van der Waals surface area contributed by atoms with Gasteiger partial charge in [-0.3, -0.25) is 0 Å². The Balaban J connectivity index is 2.12. The van der Waals surface area contributed by atoms with E-state index in [1.807, 2.05) is 19.9 Å². The number of rotatable bonds is 7. The quantitative estimate of drug-likeness (QED) is 0.836. The number of aromatic nitrogens is 2. The summed E-state index contributed by atoms with van der Waals surface area (Å²) >= 11 is 0. The molecule has 1 fully saturated rings. The van der Waals surface area contributed by atoms with Crippen molar-refractivity contribution in [3.63, 3.8) is 0 Å². The molecule has 1 aliphatic rings. The number of piperidine rings is 1. The van der Waals surface area contributed by atoms with Crippen molar-refractivity contribution in [2.75, 3.05) is 37.7 Å². The Morgan fingerprint density at radius 2 is 2.05 bits per heavy atom. The zero-order chi connectivity index (χ0) is 15.1. The molecule has 0 atom stereocenters. The molecule has 1 saturated heterocycles. The second kappa shape index (κ2) is 8.17. The maximum Gasteiger partial charge on any atom is 0.218 e. The van der Waals surface area contributed by atoms with Crippen LogP contribution in [0.4, 0.5) is 5.82 Å². The van der Waals surface area contributed by atoms with Crippen molar-refractivity contribution in [2.45, 2.75) is 40.0 Å². The number of ether oxygens (including phenoxy) is 1. The summed E-state index contributed by atoms with van der Waals surface area (Å²) in [5, 5.41) is 3.43. The standard InChI is InChI=1S/C16H28N4O/c1-4-10-20(12-14-6-8-17-9-7-14)15-11-16(21-5-2)19-13(3)18-15/h11,14,17H,4-10,12H2,1-3H3. The van der Waals surface area contributed by atoms with Gasteiger partial charge < -0.3 is 15.0 Å². The molecule has 2 rings (SSSR count). The molecular weight excluding hydrogens is 264 g/mol. The average molecular weight is 292 g/mol. The molecule has 0 unspecified atom stereocenters. The number of nitrogens with zero attached hydrogens (tertiary/aromatic N) is 3. The van der Waals surface area contributed by atoms with Crippen LogP contribution in [0.15, 0.2) is 6.07 Å². The molecule has 0 spiro atoms. The van der Waals surface area contributed by atoms with E-state index in [9.17, 15) is 0 Å². The van der Waals surface area contributed by atoms with Crippen molar-refractivity contribution < 1.29 is 4.74 Å². The van der Waals surface area contributed by atoms with Gasteiger partial charge in [-0.1, -0.05) is 6.92 Å². The van der Waals surface area contributed by atoms with Crippen LogP contribution in [0.25, 0.3) is 0 Å².